The highest BCUT2D eigenvalue weighted by molar-refractivity contribution is 7.08. The van der Waals surface area contributed by atoms with E-state index in [1.807, 2.05) is 109 Å². The summed E-state index contributed by atoms with van der Waals surface area (Å²) in [7, 11) is 6.78. The highest BCUT2D eigenvalue weighted by Crippen LogP contribution is 2.32. The molecule has 4 amide bonds. The topological polar surface area (TPSA) is 81.2 Å². The molecule has 2 aliphatic heterocycles. The number of benzene rings is 2. The fourth-order valence-corrected chi connectivity index (χ4v) is 7.64. The van der Waals surface area contributed by atoms with Gasteiger partial charge in [-0.05, 0) is 87.8 Å². The van der Waals surface area contributed by atoms with Crippen molar-refractivity contribution in [3.05, 3.63) is 127 Å². The molecule has 2 unspecified atom stereocenters. The maximum absolute atomic E-state index is 13.1. The van der Waals surface area contributed by atoms with Crippen LogP contribution in [0.25, 0.3) is 12.2 Å². The zero-order chi connectivity index (χ0) is 35.5. The molecular formula is C39H42N4O4S2. The number of carbonyl (C=O) groups is 4. The smallest absolute Gasteiger partial charge is 0.271 e. The van der Waals surface area contributed by atoms with Gasteiger partial charge in [-0.15, -0.1) is 0 Å². The average Bonchev–Trinajstić information content (AvgIpc) is 3.71. The van der Waals surface area contributed by atoms with Crippen LogP contribution in [0.2, 0.25) is 0 Å². The molecule has 10 heteroatoms. The van der Waals surface area contributed by atoms with Crippen LogP contribution in [0.5, 0.6) is 0 Å². The van der Waals surface area contributed by atoms with Crippen LogP contribution in [0, 0.1) is 13.8 Å². The lowest BCUT2D eigenvalue weighted by Gasteiger charge is -2.45. The number of hydrogen-bond donors (Lipinski definition) is 0. The van der Waals surface area contributed by atoms with Crippen LogP contribution in [-0.4, -0.2) is 83.0 Å². The summed E-state index contributed by atoms with van der Waals surface area (Å²) in [5.41, 5.74) is 6.20. The van der Waals surface area contributed by atoms with Gasteiger partial charge in [0.1, 0.15) is 23.0 Å². The molecule has 254 valence electrons. The van der Waals surface area contributed by atoms with Crippen molar-refractivity contribution < 1.29 is 19.2 Å². The van der Waals surface area contributed by atoms with Gasteiger partial charge in [0.15, 0.2) is 0 Å². The lowest BCUT2D eigenvalue weighted by atomic mass is 9.87. The number of rotatable bonds is 6. The normalized spacial score (nSPS) is 21.5. The van der Waals surface area contributed by atoms with E-state index in [1.165, 1.54) is 9.80 Å². The van der Waals surface area contributed by atoms with Gasteiger partial charge in [0.2, 0.25) is 5.91 Å². The van der Waals surface area contributed by atoms with Crippen LogP contribution in [0.4, 0.5) is 0 Å². The molecule has 0 radical (unpaired) electrons. The first-order valence-corrected chi connectivity index (χ1v) is 17.9. The molecule has 0 aliphatic carbocycles. The van der Waals surface area contributed by atoms with E-state index >= 15 is 0 Å². The van der Waals surface area contributed by atoms with E-state index in [9.17, 15) is 19.2 Å². The molecule has 4 heterocycles. The Morgan fingerprint density at radius 3 is 1.65 bits per heavy atom. The molecular weight excluding hydrogens is 653 g/mol. The molecule has 0 N–H and O–H groups in total. The molecule has 2 atom stereocenters. The van der Waals surface area contributed by atoms with Crippen LogP contribution < -0.4 is 0 Å². The van der Waals surface area contributed by atoms with Crippen molar-refractivity contribution in [1.29, 1.82) is 0 Å². The van der Waals surface area contributed by atoms with Gasteiger partial charge in [0, 0.05) is 41.0 Å². The number of hydrogen-bond acceptors (Lipinski definition) is 6. The first-order chi connectivity index (χ1) is 23.3. The molecule has 2 aromatic heterocycles. The molecule has 2 saturated heterocycles. The zero-order valence-corrected chi connectivity index (χ0v) is 30.6. The van der Waals surface area contributed by atoms with Crippen molar-refractivity contribution in [1.82, 2.24) is 19.6 Å². The first-order valence-electron chi connectivity index (χ1n) is 16.0. The van der Waals surface area contributed by atoms with Crippen LogP contribution in [-0.2, 0) is 32.0 Å². The van der Waals surface area contributed by atoms with Gasteiger partial charge < -0.3 is 19.6 Å². The summed E-state index contributed by atoms with van der Waals surface area (Å²) in [6.07, 6.45) is 4.63. The Morgan fingerprint density at radius 1 is 0.673 bits per heavy atom. The van der Waals surface area contributed by atoms with E-state index < -0.39 is 11.6 Å². The predicted molar refractivity (Wildman–Crippen MR) is 198 cm³/mol. The number of likely N-dealkylation sites (N-methyl/N-ethyl adjacent to an activating group) is 4. The van der Waals surface area contributed by atoms with Crippen LogP contribution >= 0.6 is 22.7 Å². The van der Waals surface area contributed by atoms with E-state index in [1.54, 1.807) is 66.7 Å². The number of carbonyl (C=O) groups excluding carboxylic acids is 4. The number of nitrogens with zero attached hydrogens (tertiary/aromatic N) is 4. The molecule has 0 bridgehead atoms. The van der Waals surface area contributed by atoms with Crippen molar-refractivity contribution in [3.63, 3.8) is 0 Å². The third-order valence-electron chi connectivity index (χ3n) is 9.41. The second-order valence-electron chi connectivity index (χ2n) is 12.8. The lowest BCUT2D eigenvalue weighted by Crippen LogP contribution is -2.64. The quantitative estimate of drug-likeness (QED) is 0.223. The Hall–Kier alpha value is -4.80. The van der Waals surface area contributed by atoms with E-state index in [0.717, 1.165) is 33.4 Å². The van der Waals surface area contributed by atoms with Gasteiger partial charge in [-0.3, -0.25) is 19.2 Å². The van der Waals surface area contributed by atoms with Gasteiger partial charge in [-0.25, -0.2) is 0 Å². The minimum Gasteiger partial charge on any atom is -0.328 e. The van der Waals surface area contributed by atoms with E-state index in [-0.39, 0.29) is 23.6 Å². The largest absolute Gasteiger partial charge is 0.328 e. The summed E-state index contributed by atoms with van der Waals surface area (Å²) < 4.78 is 0. The highest BCUT2D eigenvalue weighted by atomic mass is 32.1. The zero-order valence-electron chi connectivity index (χ0n) is 29.0. The molecule has 0 spiro atoms. The van der Waals surface area contributed by atoms with E-state index in [4.69, 9.17) is 0 Å². The molecule has 6 rings (SSSR count). The Morgan fingerprint density at radius 2 is 1.16 bits per heavy atom. The summed E-state index contributed by atoms with van der Waals surface area (Å²) in [6.45, 7) is 5.84. The maximum Gasteiger partial charge on any atom is 0.271 e. The Bertz CT molecular complexity index is 1910. The summed E-state index contributed by atoms with van der Waals surface area (Å²) in [5, 5.41) is 8.05. The molecule has 2 aliphatic rings. The summed E-state index contributed by atoms with van der Waals surface area (Å²) in [4.78, 5) is 57.8. The fraction of sp³-hybridized carbons (Fsp3) is 0.282. The SMILES string of the molecule is Cc1cscc1/C=C1/C(=O)N(C)C(C)(Cc2ccccc2)C(=O)N1C.Cc1cscc1/C=C1/C(=O)N(C)C(Cc2ccccc2)C(=O)N1C. The van der Waals surface area contributed by atoms with Gasteiger partial charge in [-0.1, -0.05) is 60.7 Å². The highest BCUT2D eigenvalue weighted by Gasteiger charge is 2.48. The molecule has 4 aromatic rings. The van der Waals surface area contributed by atoms with Crippen LogP contribution in [0.1, 0.15) is 40.3 Å². The monoisotopic (exact) mass is 694 g/mol. The minimum absolute atomic E-state index is 0.0555. The maximum atomic E-state index is 13.1. The summed E-state index contributed by atoms with van der Waals surface area (Å²) >= 11 is 3.18. The third kappa shape index (κ3) is 7.30. The molecule has 49 heavy (non-hydrogen) atoms. The minimum atomic E-state index is -0.895. The Labute approximate surface area is 296 Å². The fourth-order valence-electron chi connectivity index (χ4n) is 6.02. The number of piperazine rings is 2. The molecule has 2 fully saturated rings. The number of aryl methyl sites for hydroxylation is 2. The molecule has 2 aromatic carbocycles. The van der Waals surface area contributed by atoms with Crippen molar-refractivity contribution in [2.75, 3.05) is 28.2 Å². The number of thiophene rings is 2. The van der Waals surface area contributed by atoms with E-state index in [0.29, 0.717) is 24.2 Å². The second-order valence-corrected chi connectivity index (χ2v) is 14.2. The van der Waals surface area contributed by atoms with Crippen LogP contribution in [0.15, 0.2) is 93.6 Å². The first kappa shape index (κ1) is 35.5. The van der Waals surface area contributed by atoms with Gasteiger partial charge in [-0.2, -0.15) is 22.7 Å². The molecule has 8 nitrogen and oxygen atoms in total. The summed E-state index contributed by atoms with van der Waals surface area (Å²) in [6, 6.07) is 19.1. The van der Waals surface area contributed by atoms with Crippen molar-refractivity contribution in [3.8, 4) is 0 Å². The van der Waals surface area contributed by atoms with Gasteiger partial charge in [0.25, 0.3) is 17.7 Å². The average molecular weight is 695 g/mol. The van der Waals surface area contributed by atoms with Crippen molar-refractivity contribution in [2.24, 2.45) is 0 Å². The number of amides is 4. The van der Waals surface area contributed by atoms with Crippen molar-refractivity contribution in [2.45, 2.75) is 45.2 Å². The van der Waals surface area contributed by atoms with Gasteiger partial charge >= 0.3 is 0 Å². The lowest BCUT2D eigenvalue weighted by molar-refractivity contribution is -0.155. The Balaban J connectivity index is 0.000000191. The van der Waals surface area contributed by atoms with Crippen LogP contribution in [0.3, 0.4) is 0 Å². The van der Waals surface area contributed by atoms with Gasteiger partial charge in [0.05, 0.1) is 0 Å². The van der Waals surface area contributed by atoms with E-state index in [2.05, 4.69) is 0 Å². The summed E-state index contributed by atoms with van der Waals surface area (Å²) in [5.74, 6) is -0.382. The standard InChI is InChI=1S/C20H22N2O2S.C19H20N2O2S/c1-14-12-25-13-16(14)10-17-18(23)22(4)20(2,19(24)21(17)3)11-15-8-6-5-7-9-15;1-13-11-24-12-15(13)10-17-19(23)20(2)16(18(22)21(17)3)9-14-7-5-4-6-8-14/h5-10,12-13H,11H2,1-4H3;4-8,10-12,16H,9H2,1-3H3/b2*17-10-. The molecule has 0 saturated carbocycles. The van der Waals surface area contributed by atoms with Crippen molar-refractivity contribution >= 4 is 58.5 Å². The third-order valence-corrected chi connectivity index (χ3v) is 11.2. The predicted octanol–water partition coefficient (Wildman–Crippen LogP) is 6.27. The Kier molecular flexibility index (Phi) is 10.7. The second kappa shape index (κ2) is 14.8.